The molecule has 1 aromatic carbocycles. The van der Waals surface area contributed by atoms with Gasteiger partial charge in [0.05, 0.1) is 4.88 Å². The molecule has 0 saturated heterocycles. The molecule has 2 aromatic heterocycles. The van der Waals surface area contributed by atoms with Gasteiger partial charge < -0.3 is 13.4 Å². The van der Waals surface area contributed by atoms with Crippen LogP contribution >= 0.6 is 11.3 Å². The zero-order valence-electron chi connectivity index (χ0n) is 26.8. The van der Waals surface area contributed by atoms with Gasteiger partial charge in [-0.25, -0.2) is 13.1 Å². The van der Waals surface area contributed by atoms with Crippen LogP contribution in [0.3, 0.4) is 0 Å². The molecule has 0 atom stereocenters. The molecular weight excluding hydrogens is 601 g/mol. The average molecular weight is 649 g/mol. The lowest BCUT2D eigenvalue weighted by molar-refractivity contribution is 0.367. The number of nitrogens with zero attached hydrogens (tertiary/aromatic N) is 1. The minimum absolute atomic E-state index is 0.0613. The number of rotatable bonds is 9. The SMILES string of the molecule is CC(C)(C)[Si](C)(C)Oc1ccc([C@H]2CC[C@@H](NS(=O)(=O)c3ccc(-c4ccon4)s3)CC2)c(O[Si](C)(C)C(C)(C)C)c1. The fourth-order valence-corrected chi connectivity index (χ4v) is 9.27. The van der Waals surface area contributed by atoms with Gasteiger partial charge >= 0.3 is 0 Å². The van der Waals surface area contributed by atoms with Crippen LogP contribution in [0.25, 0.3) is 10.6 Å². The van der Waals surface area contributed by atoms with E-state index in [1.165, 1.54) is 23.2 Å². The van der Waals surface area contributed by atoms with E-state index in [4.69, 9.17) is 13.4 Å². The molecule has 4 rings (SSSR count). The van der Waals surface area contributed by atoms with E-state index in [2.05, 4.69) is 95.8 Å². The van der Waals surface area contributed by atoms with Crippen molar-refractivity contribution in [2.75, 3.05) is 0 Å². The molecule has 0 amide bonds. The number of hydrogen-bond acceptors (Lipinski definition) is 7. The van der Waals surface area contributed by atoms with Gasteiger partial charge in [-0.1, -0.05) is 52.8 Å². The summed E-state index contributed by atoms with van der Waals surface area (Å²) in [5.74, 6) is 2.11. The van der Waals surface area contributed by atoms with Crippen LogP contribution in [0.4, 0.5) is 0 Å². The van der Waals surface area contributed by atoms with Crippen molar-refractivity contribution in [1.82, 2.24) is 9.88 Å². The van der Waals surface area contributed by atoms with Crippen LogP contribution in [-0.4, -0.2) is 36.3 Å². The molecule has 11 heteroatoms. The van der Waals surface area contributed by atoms with E-state index < -0.39 is 26.7 Å². The summed E-state index contributed by atoms with van der Waals surface area (Å²) in [5, 5.41) is 4.07. The third-order valence-corrected chi connectivity index (χ3v) is 21.2. The van der Waals surface area contributed by atoms with Crippen molar-refractivity contribution in [2.45, 2.75) is 120 Å². The Bertz CT molecular complexity index is 1460. The fraction of sp³-hybridized carbons (Fsp3) is 0.581. The first-order chi connectivity index (χ1) is 19.3. The van der Waals surface area contributed by atoms with Crippen LogP contribution in [-0.2, 0) is 10.0 Å². The standard InChI is InChI=1S/C31H48N2O5S2Si2/c1-30(2,3)41(7,8)37-24-15-16-25(27(21-24)38-42(9,10)31(4,5)6)22-11-13-23(14-12-22)33-40(34,35)29-18-17-28(39-29)26-19-20-36-32-26/h15-23,33H,11-14H2,1-10H3/t22-,23+. The van der Waals surface area contributed by atoms with E-state index in [1.54, 1.807) is 18.2 Å². The fourth-order valence-electron chi connectivity index (χ4n) is 4.62. The minimum Gasteiger partial charge on any atom is -0.543 e. The number of aromatic nitrogens is 1. The quantitative estimate of drug-likeness (QED) is 0.233. The van der Waals surface area contributed by atoms with Crippen molar-refractivity contribution in [3.8, 4) is 22.1 Å². The van der Waals surface area contributed by atoms with Crippen molar-refractivity contribution >= 4 is 38.0 Å². The predicted molar refractivity (Wildman–Crippen MR) is 177 cm³/mol. The summed E-state index contributed by atoms with van der Waals surface area (Å²) < 4.78 is 48.2. The molecule has 1 saturated carbocycles. The number of nitrogens with one attached hydrogen (secondary N) is 1. The van der Waals surface area contributed by atoms with E-state index in [0.29, 0.717) is 15.8 Å². The smallest absolute Gasteiger partial charge is 0.250 e. The normalized spacial score (nSPS) is 19.1. The molecule has 42 heavy (non-hydrogen) atoms. The molecular formula is C31H48N2O5S2Si2. The van der Waals surface area contributed by atoms with E-state index in [1.807, 2.05) is 0 Å². The largest absolute Gasteiger partial charge is 0.543 e. The molecule has 3 aromatic rings. The zero-order valence-corrected chi connectivity index (χ0v) is 30.5. The van der Waals surface area contributed by atoms with Gasteiger partial charge in [0.15, 0.2) is 0 Å². The third-order valence-electron chi connectivity index (χ3n) is 9.36. The number of benzene rings is 1. The summed E-state index contributed by atoms with van der Waals surface area (Å²) in [7, 11) is -7.73. The molecule has 1 aliphatic rings. The van der Waals surface area contributed by atoms with Crippen LogP contribution in [0.5, 0.6) is 11.5 Å². The highest BCUT2D eigenvalue weighted by Crippen LogP contribution is 2.45. The Morgan fingerprint density at radius 2 is 1.50 bits per heavy atom. The van der Waals surface area contributed by atoms with Crippen molar-refractivity contribution in [3.63, 3.8) is 0 Å². The Morgan fingerprint density at radius 3 is 2.07 bits per heavy atom. The Labute approximate surface area is 258 Å². The lowest BCUT2D eigenvalue weighted by Crippen LogP contribution is -2.44. The third kappa shape index (κ3) is 7.40. The van der Waals surface area contributed by atoms with Gasteiger partial charge in [0, 0.05) is 18.2 Å². The van der Waals surface area contributed by atoms with Gasteiger partial charge in [-0.2, -0.15) is 0 Å². The first kappa shape index (κ1) is 33.0. The van der Waals surface area contributed by atoms with E-state index in [-0.39, 0.29) is 16.1 Å². The van der Waals surface area contributed by atoms with Crippen LogP contribution in [0.15, 0.2) is 51.4 Å². The molecule has 1 N–H and O–H groups in total. The summed E-state index contributed by atoms with van der Waals surface area (Å²) in [4.78, 5) is 0.767. The maximum Gasteiger partial charge on any atom is 0.250 e. The lowest BCUT2D eigenvalue weighted by Gasteiger charge is -2.39. The van der Waals surface area contributed by atoms with Gasteiger partial charge in [-0.3, -0.25) is 0 Å². The maximum atomic E-state index is 13.2. The summed E-state index contributed by atoms with van der Waals surface area (Å²) in [6.45, 7) is 22.6. The Kier molecular flexibility index (Phi) is 9.32. The minimum atomic E-state index is -3.62. The van der Waals surface area contributed by atoms with Crippen molar-refractivity contribution in [2.24, 2.45) is 0 Å². The number of thiophene rings is 1. The summed E-state index contributed by atoms with van der Waals surface area (Å²) in [6, 6.07) is 11.5. The Morgan fingerprint density at radius 1 is 0.881 bits per heavy atom. The molecule has 232 valence electrons. The first-order valence-electron chi connectivity index (χ1n) is 14.8. The molecule has 0 bridgehead atoms. The maximum absolute atomic E-state index is 13.2. The Hall–Kier alpha value is -1.93. The second-order valence-corrected chi connectivity index (χ2v) is 27.1. The van der Waals surface area contributed by atoms with Gasteiger partial charge in [-0.15, -0.1) is 11.3 Å². The zero-order chi connectivity index (χ0) is 31.1. The number of hydrogen-bond donors (Lipinski definition) is 1. The first-order valence-corrected chi connectivity index (χ1v) is 23.0. The van der Waals surface area contributed by atoms with Crippen LogP contribution in [0, 0.1) is 0 Å². The molecule has 0 radical (unpaired) electrons. The predicted octanol–water partition coefficient (Wildman–Crippen LogP) is 9.18. The summed E-state index contributed by atoms with van der Waals surface area (Å²) in [5.41, 5.74) is 1.85. The second-order valence-electron chi connectivity index (χ2n) is 14.6. The molecule has 2 heterocycles. The van der Waals surface area contributed by atoms with Crippen molar-refractivity contribution < 1.29 is 21.8 Å². The molecule has 1 fully saturated rings. The highest BCUT2D eigenvalue weighted by molar-refractivity contribution is 7.91. The monoisotopic (exact) mass is 648 g/mol. The van der Waals surface area contributed by atoms with E-state index in [0.717, 1.165) is 42.1 Å². The molecule has 0 spiro atoms. The lowest BCUT2D eigenvalue weighted by atomic mass is 9.81. The van der Waals surface area contributed by atoms with Crippen molar-refractivity contribution in [1.29, 1.82) is 0 Å². The summed E-state index contributed by atoms with van der Waals surface area (Å²) >= 11 is 1.20. The topological polar surface area (TPSA) is 90.7 Å². The molecule has 1 aliphatic carbocycles. The highest BCUT2D eigenvalue weighted by atomic mass is 32.2. The van der Waals surface area contributed by atoms with Gasteiger partial charge in [0.2, 0.25) is 26.7 Å². The van der Waals surface area contributed by atoms with Gasteiger partial charge in [-0.05, 0) is 91.6 Å². The Balaban J connectivity index is 1.50. The number of sulfonamides is 1. The second kappa shape index (κ2) is 11.9. The van der Waals surface area contributed by atoms with Crippen molar-refractivity contribution in [3.05, 3.63) is 48.2 Å². The molecule has 7 nitrogen and oxygen atoms in total. The van der Waals surface area contributed by atoms with Crippen LogP contribution < -0.4 is 13.6 Å². The summed E-state index contributed by atoms with van der Waals surface area (Å²) in [6.07, 6.45) is 4.80. The van der Waals surface area contributed by atoms with E-state index in [9.17, 15) is 8.42 Å². The van der Waals surface area contributed by atoms with Gasteiger partial charge in [0.25, 0.3) is 0 Å². The molecule has 0 unspecified atom stereocenters. The van der Waals surface area contributed by atoms with Gasteiger partial charge in [0.1, 0.15) is 27.7 Å². The highest BCUT2D eigenvalue weighted by Gasteiger charge is 2.41. The van der Waals surface area contributed by atoms with Crippen LogP contribution in [0.1, 0.15) is 78.7 Å². The van der Waals surface area contributed by atoms with E-state index >= 15 is 0 Å². The van der Waals surface area contributed by atoms with Crippen LogP contribution in [0.2, 0.25) is 36.3 Å². The molecule has 0 aliphatic heterocycles. The average Bonchev–Trinajstić information content (AvgIpc) is 3.56.